The van der Waals surface area contributed by atoms with E-state index >= 15 is 4.39 Å². The van der Waals surface area contributed by atoms with Crippen molar-refractivity contribution < 1.29 is 13.4 Å². The summed E-state index contributed by atoms with van der Waals surface area (Å²) < 4.78 is 24.1. The van der Waals surface area contributed by atoms with Crippen LogP contribution in [0.3, 0.4) is 0 Å². The summed E-state index contributed by atoms with van der Waals surface area (Å²) >= 11 is 0. The van der Waals surface area contributed by atoms with Gasteiger partial charge in [0.25, 0.3) is 0 Å². The first-order valence-electron chi connectivity index (χ1n) is 12.2. The molecule has 3 aromatic carbocycles. The third kappa shape index (κ3) is 3.26. The highest BCUT2D eigenvalue weighted by Gasteiger charge is 2.24. The normalized spacial score (nSPS) is 14.5. The molecule has 0 N–H and O–H groups in total. The van der Waals surface area contributed by atoms with Gasteiger partial charge in [0.1, 0.15) is 24.0 Å². The molecule has 1 aliphatic carbocycles. The van der Waals surface area contributed by atoms with Crippen LogP contribution in [0.1, 0.15) is 48.3 Å². The van der Waals surface area contributed by atoms with Crippen molar-refractivity contribution >= 4 is 21.9 Å². The van der Waals surface area contributed by atoms with Crippen LogP contribution < -0.4 is 4.57 Å². The van der Waals surface area contributed by atoms with Crippen LogP contribution in [-0.4, -0.2) is 0 Å². The van der Waals surface area contributed by atoms with E-state index in [1.165, 1.54) is 31.2 Å². The Balaban J connectivity index is 1.60. The maximum atomic E-state index is 15.4. The molecule has 0 saturated heterocycles. The Hall–Kier alpha value is -3.46. The number of furan rings is 1. The van der Waals surface area contributed by atoms with E-state index < -0.39 is 0 Å². The minimum absolute atomic E-state index is 0.244. The van der Waals surface area contributed by atoms with Gasteiger partial charge in [-0.15, -0.1) is 0 Å². The molecule has 2 aromatic heterocycles. The van der Waals surface area contributed by atoms with E-state index in [1.807, 2.05) is 31.4 Å². The van der Waals surface area contributed by atoms with Crippen LogP contribution in [0.5, 0.6) is 0 Å². The molecule has 0 atom stereocenters. The molecule has 3 heteroatoms. The number of fused-ring (bicyclic) bond motifs is 3. The molecule has 0 bridgehead atoms. The van der Waals surface area contributed by atoms with Gasteiger partial charge in [-0.3, -0.25) is 0 Å². The van der Waals surface area contributed by atoms with Gasteiger partial charge in [0.05, 0.1) is 11.1 Å². The number of aryl methyl sites for hydroxylation is 3. The molecule has 0 spiro atoms. The lowest BCUT2D eigenvalue weighted by atomic mass is 9.91. The zero-order chi connectivity index (χ0) is 23.4. The molecule has 0 aliphatic heterocycles. The number of pyridine rings is 1. The smallest absolute Gasteiger partial charge is 0.216 e. The zero-order valence-electron chi connectivity index (χ0n) is 20.0. The monoisotopic (exact) mass is 450 g/mol. The third-order valence-corrected chi connectivity index (χ3v) is 7.62. The second kappa shape index (κ2) is 8.09. The van der Waals surface area contributed by atoms with Crippen molar-refractivity contribution in [2.24, 2.45) is 7.05 Å². The Morgan fingerprint density at radius 1 is 0.824 bits per heavy atom. The van der Waals surface area contributed by atoms with Crippen molar-refractivity contribution in [3.63, 3.8) is 0 Å². The van der Waals surface area contributed by atoms with Crippen LogP contribution in [0.15, 0.2) is 71.3 Å². The van der Waals surface area contributed by atoms with Gasteiger partial charge in [-0.25, -0.2) is 8.96 Å². The van der Waals surface area contributed by atoms with Gasteiger partial charge < -0.3 is 4.42 Å². The van der Waals surface area contributed by atoms with Crippen LogP contribution in [0.4, 0.5) is 4.39 Å². The minimum Gasteiger partial charge on any atom is -0.454 e. The molecule has 6 rings (SSSR count). The fourth-order valence-electron chi connectivity index (χ4n) is 5.81. The Kier molecular flexibility index (Phi) is 5.02. The van der Waals surface area contributed by atoms with Gasteiger partial charge in [0.2, 0.25) is 5.69 Å². The second-order valence-electron chi connectivity index (χ2n) is 9.79. The van der Waals surface area contributed by atoms with Gasteiger partial charge in [-0.2, -0.15) is 0 Å². The van der Waals surface area contributed by atoms with E-state index in [9.17, 15) is 0 Å². The Bertz CT molecular complexity index is 1560. The van der Waals surface area contributed by atoms with Crippen LogP contribution >= 0.6 is 0 Å². The number of nitrogens with zero attached hydrogens (tertiary/aromatic N) is 1. The molecule has 34 heavy (non-hydrogen) atoms. The average molecular weight is 451 g/mol. The van der Waals surface area contributed by atoms with Crippen molar-refractivity contribution in [2.45, 2.75) is 45.4 Å². The van der Waals surface area contributed by atoms with Gasteiger partial charge >= 0.3 is 0 Å². The minimum atomic E-state index is -0.244. The maximum absolute atomic E-state index is 15.4. The summed E-state index contributed by atoms with van der Waals surface area (Å²) in [6, 6.07) is 20.4. The highest BCUT2D eigenvalue weighted by molar-refractivity contribution is 6.13. The highest BCUT2D eigenvalue weighted by atomic mass is 19.1. The molecule has 0 radical (unpaired) electrons. The number of halogens is 1. The molecular formula is C31H29FNO+. The van der Waals surface area contributed by atoms with Crippen LogP contribution in [0, 0.1) is 19.7 Å². The Morgan fingerprint density at radius 3 is 2.29 bits per heavy atom. The summed E-state index contributed by atoms with van der Waals surface area (Å²) in [7, 11) is 2.04. The van der Waals surface area contributed by atoms with Crippen LogP contribution in [0.25, 0.3) is 44.3 Å². The molecular weight excluding hydrogens is 421 g/mol. The van der Waals surface area contributed by atoms with Crippen molar-refractivity contribution in [1.82, 2.24) is 0 Å². The first-order valence-corrected chi connectivity index (χ1v) is 12.2. The molecule has 5 aromatic rings. The lowest BCUT2D eigenvalue weighted by Crippen LogP contribution is -2.30. The summed E-state index contributed by atoms with van der Waals surface area (Å²) in [5.41, 5.74) is 8.64. The third-order valence-electron chi connectivity index (χ3n) is 7.62. The maximum Gasteiger partial charge on any atom is 0.216 e. The molecule has 0 unspecified atom stereocenters. The predicted molar refractivity (Wildman–Crippen MR) is 136 cm³/mol. The first-order chi connectivity index (χ1) is 16.5. The summed E-state index contributed by atoms with van der Waals surface area (Å²) in [4.78, 5) is 0. The molecule has 1 aliphatic rings. The topological polar surface area (TPSA) is 17.0 Å². The van der Waals surface area contributed by atoms with Gasteiger partial charge in [0.15, 0.2) is 6.20 Å². The number of hydrogen-bond donors (Lipinski definition) is 0. The van der Waals surface area contributed by atoms with E-state index in [-0.39, 0.29) is 5.82 Å². The summed E-state index contributed by atoms with van der Waals surface area (Å²) in [5, 5.41) is 1.96. The molecule has 170 valence electrons. The standard InChI is InChI=1S/C31H29FNO/c1-19-11-13-24-25-15-16-26(32)29(23-14-12-22(18-20(23)2)21-8-4-5-9-21)31(25)34-30(24)28(19)27-10-6-7-17-33(27)3/h6-7,10-18,21H,4-5,8-9H2,1-3H3/q+1. The van der Waals surface area contributed by atoms with Crippen molar-refractivity contribution in [1.29, 1.82) is 0 Å². The fraction of sp³-hybridized carbons (Fsp3) is 0.258. The second-order valence-corrected chi connectivity index (χ2v) is 9.79. The highest BCUT2D eigenvalue weighted by Crippen LogP contribution is 2.43. The summed E-state index contributed by atoms with van der Waals surface area (Å²) in [6.07, 6.45) is 7.16. The van der Waals surface area contributed by atoms with E-state index in [2.05, 4.69) is 54.8 Å². The Labute approximate surface area is 199 Å². The number of aromatic nitrogens is 1. The van der Waals surface area contributed by atoms with E-state index in [1.54, 1.807) is 6.07 Å². The number of rotatable bonds is 3. The summed E-state index contributed by atoms with van der Waals surface area (Å²) in [5.74, 6) is 0.392. The number of hydrogen-bond acceptors (Lipinski definition) is 1. The molecule has 2 heterocycles. The van der Waals surface area contributed by atoms with Crippen LogP contribution in [0.2, 0.25) is 0 Å². The van der Waals surface area contributed by atoms with E-state index in [0.29, 0.717) is 17.1 Å². The van der Waals surface area contributed by atoms with Crippen molar-refractivity contribution in [3.05, 3.63) is 89.4 Å². The van der Waals surface area contributed by atoms with Gasteiger partial charge in [-0.1, -0.05) is 43.2 Å². The predicted octanol–water partition coefficient (Wildman–Crippen LogP) is 8.16. The summed E-state index contributed by atoms with van der Waals surface area (Å²) in [6.45, 7) is 4.19. The molecule has 0 amide bonds. The number of benzene rings is 3. The first kappa shape index (κ1) is 21.1. The SMILES string of the molecule is Cc1cc(C2CCCC2)ccc1-c1c(F)ccc2c1oc1c(-c3cccc[n+]3C)c(C)ccc12. The fourth-order valence-corrected chi connectivity index (χ4v) is 5.81. The van der Waals surface area contributed by atoms with Crippen LogP contribution in [-0.2, 0) is 7.05 Å². The quantitative estimate of drug-likeness (QED) is 0.253. The van der Waals surface area contributed by atoms with E-state index in [0.717, 1.165) is 44.3 Å². The molecule has 1 fully saturated rings. The lowest BCUT2D eigenvalue weighted by molar-refractivity contribution is -0.660. The van der Waals surface area contributed by atoms with Gasteiger partial charge in [-0.05, 0) is 73.1 Å². The van der Waals surface area contributed by atoms with Crippen molar-refractivity contribution in [2.75, 3.05) is 0 Å². The van der Waals surface area contributed by atoms with Gasteiger partial charge in [0, 0.05) is 22.9 Å². The van der Waals surface area contributed by atoms with E-state index in [4.69, 9.17) is 4.42 Å². The molecule has 1 saturated carbocycles. The lowest BCUT2D eigenvalue weighted by Gasteiger charge is -2.14. The average Bonchev–Trinajstić information content (AvgIpc) is 3.48. The molecule has 2 nitrogen and oxygen atoms in total. The Morgan fingerprint density at radius 2 is 1.56 bits per heavy atom. The largest absolute Gasteiger partial charge is 0.454 e. The zero-order valence-corrected chi connectivity index (χ0v) is 20.0. The van der Waals surface area contributed by atoms with Crippen molar-refractivity contribution in [3.8, 4) is 22.4 Å².